The third-order valence-electron chi connectivity index (χ3n) is 4.96. The quantitative estimate of drug-likeness (QED) is 0.865. The molecule has 136 valence electrons. The summed E-state index contributed by atoms with van der Waals surface area (Å²) in [6.07, 6.45) is 3.05. The third-order valence-corrected chi connectivity index (χ3v) is 4.96. The van der Waals surface area contributed by atoms with E-state index in [1.165, 1.54) is 11.1 Å². The number of nitrogens with one attached hydrogen (secondary N) is 2. The lowest BCUT2D eigenvalue weighted by molar-refractivity contribution is -0.124. The van der Waals surface area contributed by atoms with E-state index in [4.69, 9.17) is 0 Å². The summed E-state index contributed by atoms with van der Waals surface area (Å²) in [6, 6.07) is 16.7. The van der Waals surface area contributed by atoms with Gasteiger partial charge in [0.15, 0.2) is 0 Å². The fourth-order valence-corrected chi connectivity index (χ4v) is 3.51. The van der Waals surface area contributed by atoms with E-state index in [0.29, 0.717) is 5.56 Å². The SMILES string of the molecule is CC(C)[C@H](NC(=O)c1ccccc1)C(=O)NC1CCCc2ccccc21. The Balaban J connectivity index is 1.71. The van der Waals surface area contributed by atoms with Crippen molar-refractivity contribution in [3.05, 3.63) is 71.3 Å². The molecule has 1 unspecified atom stereocenters. The zero-order chi connectivity index (χ0) is 18.5. The lowest BCUT2D eigenvalue weighted by Crippen LogP contribution is -2.50. The van der Waals surface area contributed by atoms with Crippen LogP contribution in [0, 0.1) is 5.92 Å². The first-order chi connectivity index (χ1) is 12.6. The minimum absolute atomic E-state index is 0.00139. The maximum Gasteiger partial charge on any atom is 0.251 e. The van der Waals surface area contributed by atoms with Gasteiger partial charge in [0.05, 0.1) is 6.04 Å². The Hall–Kier alpha value is -2.62. The molecule has 2 atom stereocenters. The first-order valence-corrected chi connectivity index (χ1v) is 9.30. The number of benzene rings is 2. The molecule has 1 aliphatic rings. The summed E-state index contributed by atoms with van der Waals surface area (Å²) in [4.78, 5) is 25.4. The molecule has 2 amide bonds. The molecule has 2 aromatic rings. The number of fused-ring (bicyclic) bond motifs is 1. The highest BCUT2D eigenvalue weighted by atomic mass is 16.2. The Morgan fingerprint density at radius 3 is 2.42 bits per heavy atom. The van der Waals surface area contributed by atoms with Gasteiger partial charge in [0.25, 0.3) is 5.91 Å². The Labute approximate surface area is 155 Å². The van der Waals surface area contributed by atoms with Gasteiger partial charge in [-0.25, -0.2) is 0 Å². The van der Waals surface area contributed by atoms with Crippen molar-refractivity contribution in [2.24, 2.45) is 5.92 Å². The first kappa shape index (κ1) is 18.2. The van der Waals surface area contributed by atoms with E-state index in [0.717, 1.165) is 19.3 Å². The van der Waals surface area contributed by atoms with E-state index in [1.54, 1.807) is 12.1 Å². The zero-order valence-corrected chi connectivity index (χ0v) is 15.4. The monoisotopic (exact) mass is 350 g/mol. The average molecular weight is 350 g/mol. The van der Waals surface area contributed by atoms with Crippen molar-refractivity contribution in [2.75, 3.05) is 0 Å². The number of hydrogen-bond acceptors (Lipinski definition) is 2. The van der Waals surface area contributed by atoms with Gasteiger partial charge in [-0.2, -0.15) is 0 Å². The molecule has 2 aromatic carbocycles. The molecular weight excluding hydrogens is 324 g/mol. The number of hydrogen-bond donors (Lipinski definition) is 2. The summed E-state index contributed by atoms with van der Waals surface area (Å²) in [5.74, 6) is -0.337. The molecule has 0 fully saturated rings. The molecule has 0 aromatic heterocycles. The smallest absolute Gasteiger partial charge is 0.251 e. The van der Waals surface area contributed by atoms with E-state index in [-0.39, 0.29) is 23.8 Å². The van der Waals surface area contributed by atoms with Crippen molar-refractivity contribution in [3.8, 4) is 0 Å². The lowest BCUT2D eigenvalue weighted by atomic mass is 9.87. The molecule has 3 rings (SSSR count). The maximum atomic E-state index is 12.9. The molecule has 0 spiro atoms. The fraction of sp³-hybridized carbons (Fsp3) is 0.364. The van der Waals surface area contributed by atoms with E-state index < -0.39 is 6.04 Å². The van der Waals surface area contributed by atoms with E-state index in [2.05, 4.69) is 22.8 Å². The normalized spacial score (nSPS) is 17.3. The van der Waals surface area contributed by atoms with E-state index in [9.17, 15) is 9.59 Å². The minimum atomic E-state index is -0.559. The van der Waals surface area contributed by atoms with Crippen molar-refractivity contribution in [2.45, 2.75) is 45.2 Å². The molecule has 0 aliphatic heterocycles. The van der Waals surface area contributed by atoms with Crippen LogP contribution in [0.2, 0.25) is 0 Å². The Morgan fingerprint density at radius 2 is 1.69 bits per heavy atom. The standard InChI is InChI=1S/C22H26N2O2/c1-15(2)20(24-21(25)17-10-4-3-5-11-17)22(26)23-19-14-8-12-16-9-6-7-13-18(16)19/h3-7,9-11,13,15,19-20H,8,12,14H2,1-2H3,(H,23,26)(H,24,25)/t19?,20-/m0/s1. The van der Waals surface area contributed by atoms with Crippen LogP contribution in [0.5, 0.6) is 0 Å². The molecule has 4 heteroatoms. The van der Waals surface area contributed by atoms with Crippen molar-refractivity contribution in [3.63, 3.8) is 0 Å². The van der Waals surface area contributed by atoms with Crippen LogP contribution in [-0.4, -0.2) is 17.9 Å². The predicted octanol–water partition coefficient (Wildman–Crippen LogP) is 3.63. The Bertz CT molecular complexity index is 771. The molecule has 0 radical (unpaired) electrons. The van der Waals surface area contributed by atoms with Crippen LogP contribution < -0.4 is 10.6 Å². The molecule has 26 heavy (non-hydrogen) atoms. The van der Waals surface area contributed by atoms with E-state index in [1.807, 2.05) is 44.2 Å². The van der Waals surface area contributed by atoms with Crippen molar-refractivity contribution < 1.29 is 9.59 Å². The van der Waals surface area contributed by atoms with Gasteiger partial charge in [-0.3, -0.25) is 9.59 Å². The Kier molecular flexibility index (Phi) is 5.71. The molecule has 0 saturated carbocycles. The average Bonchev–Trinajstić information content (AvgIpc) is 2.66. The molecule has 0 heterocycles. The Morgan fingerprint density at radius 1 is 1.00 bits per heavy atom. The highest BCUT2D eigenvalue weighted by Crippen LogP contribution is 2.29. The number of carbonyl (C=O) groups is 2. The van der Waals surface area contributed by atoms with Gasteiger partial charge in [0.1, 0.15) is 6.04 Å². The van der Waals surface area contributed by atoms with Gasteiger partial charge in [0.2, 0.25) is 5.91 Å². The van der Waals surface area contributed by atoms with Crippen LogP contribution in [0.15, 0.2) is 54.6 Å². The highest BCUT2D eigenvalue weighted by Gasteiger charge is 2.28. The number of aryl methyl sites for hydroxylation is 1. The molecule has 2 N–H and O–H groups in total. The molecule has 0 saturated heterocycles. The van der Waals surface area contributed by atoms with Gasteiger partial charge in [-0.15, -0.1) is 0 Å². The summed E-state index contributed by atoms with van der Waals surface area (Å²) >= 11 is 0. The largest absolute Gasteiger partial charge is 0.347 e. The first-order valence-electron chi connectivity index (χ1n) is 9.30. The third kappa shape index (κ3) is 4.13. The fourth-order valence-electron chi connectivity index (χ4n) is 3.51. The molecule has 4 nitrogen and oxygen atoms in total. The van der Waals surface area contributed by atoms with Gasteiger partial charge < -0.3 is 10.6 Å². The molecule has 1 aliphatic carbocycles. The van der Waals surface area contributed by atoms with Gasteiger partial charge in [0, 0.05) is 5.56 Å². The van der Waals surface area contributed by atoms with Crippen LogP contribution in [0.3, 0.4) is 0 Å². The summed E-state index contributed by atoms with van der Waals surface area (Å²) in [7, 11) is 0. The summed E-state index contributed by atoms with van der Waals surface area (Å²) in [5.41, 5.74) is 3.07. The van der Waals surface area contributed by atoms with Crippen molar-refractivity contribution >= 4 is 11.8 Å². The maximum absolute atomic E-state index is 12.9. The predicted molar refractivity (Wildman–Crippen MR) is 103 cm³/mol. The molecular formula is C22H26N2O2. The topological polar surface area (TPSA) is 58.2 Å². The van der Waals surface area contributed by atoms with Crippen molar-refractivity contribution in [1.29, 1.82) is 0 Å². The van der Waals surface area contributed by atoms with E-state index >= 15 is 0 Å². The van der Waals surface area contributed by atoms with Crippen molar-refractivity contribution in [1.82, 2.24) is 10.6 Å². The van der Waals surface area contributed by atoms with Gasteiger partial charge in [-0.1, -0.05) is 56.3 Å². The van der Waals surface area contributed by atoms with Crippen LogP contribution in [0.4, 0.5) is 0 Å². The van der Waals surface area contributed by atoms with Crippen LogP contribution >= 0.6 is 0 Å². The second-order valence-corrected chi connectivity index (χ2v) is 7.21. The van der Waals surface area contributed by atoms with Crippen LogP contribution in [0.1, 0.15) is 54.2 Å². The van der Waals surface area contributed by atoms with Crippen LogP contribution in [-0.2, 0) is 11.2 Å². The zero-order valence-electron chi connectivity index (χ0n) is 15.4. The second-order valence-electron chi connectivity index (χ2n) is 7.21. The number of carbonyl (C=O) groups excluding carboxylic acids is 2. The second kappa shape index (κ2) is 8.17. The van der Waals surface area contributed by atoms with Crippen LogP contribution in [0.25, 0.3) is 0 Å². The lowest BCUT2D eigenvalue weighted by Gasteiger charge is -2.29. The highest BCUT2D eigenvalue weighted by molar-refractivity contribution is 5.97. The summed E-state index contributed by atoms with van der Waals surface area (Å²) in [6.45, 7) is 3.90. The number of amides is 2. The summed E-state index contributed by atoms with van der Waals surface area (Å²) < 4.78 is 0. The van der Waals surface area contributed by atoms with Gasteiger partial charge >= 0.3 is 0 Å². The van der Waals surface area contributed by atoms with Gasteiger partial charge in [-0.05, 0) is 48.4 Å². The minimum Gasteiger partial charge on any atom is -0.347 e. The summed E-state index contributed by atoms with van der Waals surface area (Å²) in [5, 5.41) is 6.05. The number of rotatable bonds is 5. The molecule has 0 bridgehead atoms.